The van der Waals surface area contributed by atoms with E-state index in [2.05, 4.69) is 39.6 Å². The fourth-order valence-electron chi connectivity index (χ4n) is 5.86. The number of benzene rings is 2. The third kappa shape index (κ3) is 8.74. The van der Waals surface area contributed by atoms with E-state index in [1.807, 2.05) is 7.05 Å². The average molecular weight is 824 g/mol. The molecule has 2 amide bonds. The summed E-state index contributed by atoms with van der Waals surface area (Å²) in [6.45, 7) is 2.67. The zero-order valence-electron chi connectivity index (χ0n) is 31.1. The van der Waals surface area contributed by atoms with Crippen molar-refractivity contribution < 1.29 is 35.2 Å². The van der Waals surface area contributed by atoms with Crippen LogP contribution in [0.15, 0.2) is 83.7 Å². The van der Waals surface area contributed by atoms with Gasteiger partial charge in [-0.05, 0) is 55.6 Å². The van der Waals surface area contributed by atoms with E-state index in [1.165, 1.54) is 80.7 Å². The van der Waals surface area contributed by atoms with Crippen molar-refractivity contribution in [2.75, 3.05) is 49.7 Å². The van der Waals surface area contributed by atoms with Crippen LogP contribution in [0.5, 0.6) is 0 Å². The first-order chi connectivity index (χ1) is 27.1. The van der Waals surface area contributed by atoms with E-state index in [4.69, 9.17) is 0 Å². The predicted molar refractivity (Wildman–Crippen MR) is 211 cm³/mol. The Labute approximate surface area is 326 Å². The molecule has 1 aliphatic heterocycles. The number of piperazine rings is 1. The van der Waals surface area contributed by atoms with Crippen molar-refractivity contribution in [1.82, 2.24) is 44.2 Å². The van der Waals surface area contributed by atoms with Crippen molar-refractivity contribution >= 4 is 77.5 Å². The van der Waals surface area contributed by atoms with Crippen LogP contribution in [0.3, 0.4) is 0 Å². The van der Waals surface area contributed by atoms with Gasteiger partial charge in [0.15, 0.2) is 21.7 Å². The highest BCUT2D eigenvalue weighted by Gasteiger charge is 2.24. The number of fused-ring (bicyclic) bond motifs is 2. The summed E-state index contributed by atoms with van der Waals surface area (Å²) in [4.78, 5) is 41.1. The van der Waals surface area contributed by atoms with Gasteiger partial charge in [0.05, 0.1) is 35.1 Å². The Morgan fingerprint density at radius 1 is 0.737 bits per heavy atom. The maximum atomic E-state index is 15.3. The van der Waals surface area contributed by atoms with E-state index in [-0.39, 0.29) is 49.5 Å². The van der Waals surface area contributed by atoms with Crippen LogP contribution >= 0.6 is 0 Å². The van der Waals surface area contributed by atoms with Crippen LogP contribution in [0.25, 0.3) is 34.2 Å². The zero-order chi connectivity index (χ0) is 41.1. The SMILES string of the molecule is CN1CCN(C(=O)/C=C/c2c(NS(=O)(=O)c3ccc[nH]3)cc3c(ncn3C)c2F)CC1.CNC(=O)/C=C/c1c(NS(=O)(=O)c2ccc[nH]2)cc2c(ncn2C)c1F. The van der Waals surface area contributed by atoms with Gasteiger partial charge in [-0.2, -0.15) is 16.8 Å². The summed E-state index contributed by atoms with van der Waals surface area (Å²) in [6.07, 6.45) is 10.7. The van der Waals surface area contributed by atoms with Crippen LogP contribution in [0.1, 0.15) is 11.1 Å². The molecule has 7 rings (SSSR count). The first-order valence-electron chi connectivity index (χ1n) is 17.2. The van der Waals surface area contributed by atoms with Crippen molar-refractivity contribution in [3.8, 4) is 0 Å². The quantitative estimate of drug-likeness (QED) is 0.128. The summed E-state index contributed by atoms with van der Waals surface area (Å²) in [5, 5.41) is 2.25. The number of imidazole rings is 2. The number of likely N-dealkylation sites (N-methyl/N-ethyl adjacent to an activating group) is 2. The summed E-state index contributed by atoms with van der Waals surface area (Å²) >= 11 is 0. The Kier molecular flexibility index (Phi) is 11.6. The van der Waals surface area contributed by atoms with E-state index in [1.54, 1.807) is 34.2 Å². The van der Waals surface area contributed by atoms with E-state index in [0.717, 1.165) is 19.2 Å². The number of hydrogen-bond donors (Lipinski definition) is 5. The third-order valence-electron chi connectivity index (χ3n) is 9.06. The number of hydrogen-bond acceptors (Lipinski definition) is 9. The lowest BCUT2D eigenvalue weighted by molar-refractivity contribution is -0.127. The maximum Gasteiger partial charge on any atom is 0.277 e. The lowest BCUT2D eigenvalue weighted by atomic mass is 10.1. The monoisotopic (exact) mass is 823 g/mol. The van der Waals surface area contributed by atoms with Crippen LogP contribution < -0.4 is 14.8 Å². The molecule has 5 N–H and O–H groups in total. The number of H-pyrrole nitrogens is 2. The van der Waals surface area contributed by atoms with Gasteiger partial charge in [0.2, 0.25) is 11.8 Å². The molecule has 57 heavy (non-hydrogen) atoms. The second kappa shape index (κ2) is 16.4. The topological polar surface area (TPSA) is 212 Å². The second-order valence-corrected chi connectivity index (χ2v) is 16.2. The lowest BCUT2D eigenvalue weighted by Gasteiger charge is -2.31. The zero-order valence-corrected chi connectivity index (χ0v) is 32.7. The molecule has 0 spiro atoms. The number of aromatic amines is 2. The molecule has 0 unspecified atom stereocenters. The Bertz CT molecular complexity index is 2720. The number of nitrogens with one attached hydrogen (secondary N) is 5. The Morgan fingerprint density at radius 3 is 1.61 bits per heavy atom. The highest BCUT2D eigenvalue weighted by Crippen LogP contribution is 2.32. The van der Waals surface area contributed by atoms with Gasteiger partial charge in [0.1, 0.15) is 11.0 Å². The number of sulfonamides is 2. The van der Waals surface area contributed by atoms with Crippen molar-refractivity contribution in [2.45, 2.75) is 10.1 Å². The molecule has 1 saturated heterocycles. The van der Waals surface area contributed by atoms with Crippen molar-refractivity contribution in [1.29, 1.82) is 0 Å². The van der Waals surface area contributed by atoms with Gasteiger partial charge in [-0.15, -0.1) is 0 Å². The molecule has 0 saturated carbocycles. The number of aryl methyl sites for hydroxylation is 2. The van der Waals surface area contributed by atoms with Gasteiger partial charge < -0.3 is 34.2 Å². The van der Waals surface area contributed by atoms with Crippen LogP contribution in [-0.4, -0.2) is 108 Å². The Balaban J connectivity index is 0.000000196. The Morgan fingerprint density at radius 2 is 1.19 bits per heavy atom. The molecule has 17 nitrogen and oxygen atoms in total. The van der Waals surface area contributed by atoms with Crippen LogP contribution in [0, 0.1) is 11.6 Å². The van der Waals surface area contributed by atoms with Crippen molar-refractivity contribution in [3.05, 3.63) is 96.4 Å². The summed E-state index contributed by atoms with van der Waals surface area (Å²) in [5.41, 5.74) is 0.870. The molecule has 1 aliphatic rings. The normalized spacial score (nSPS) is 14.0. The van der Waals surface area contributed by atoms with Gasteiger partial charge in [0.25, 0.3) is 20.0 Å². The van der Waals surface area contributed by atoms with Gasteiger partial charge >= 0.3 is 0 Å². The number of nitrogens with zero attached hydrogens (tertiary/aromatic N) is 6. The standard InChI is InChI=1S/C20H23FN6O3S.C16H16FN5O3S/c1-25-8-10-27(11-9-25)18(28)6-5-14-15(24-31(29,30)17-4-3-7-22-17)12-16-20(19(14)21)23-13-26(16)2;1-18-13(23)6-5-10-11(21-26(24,25)14-4-3-7-19-14)8-12-16(15(10)17)20-9-22(12)2/h3-7,12-13,22,24H,8-11H2,1-2H3;3-9,19,21H,1-2H3,(H,18,23)/b2*6-5+. The van der Waals surface area contributed by atoms with E-state index in [9.17, 15) is 30.8 Å². The molecular weight excluding hydrogens is 785 g/mol. The van der Waals surface area contributed by atoms with Gasteiger partial charge in [-0.25, -0.2) is 18.7 Å². The fourth-order valence-corrected chi connectivity index (χ4v) is 7.96. The summed E-state index contributed by atoms with van der Waals surface area (Å²) in [6, 6.07) is 8.83. The molecule has 5 heterocycles. The number of halogens is 2. The molecule has 0 bridgehead atoms. The maximum absolute atomic E-state index is 15.3. The van der Waals surface area contributed by atoms with E-state index in [0.29, 0.717) is 24.1 Å². The first kappa shape index (κ1) is 40.3. The fraction of sp³-hybridized carbons (Fsp3) is 0.222. The molecule has 21 heteroatoms. The smallest absolute Gasteiger partial charge is 0.277 e. The summed E-state index contributed by atoms with van der Waals surface area (Å²) in [7, 11) is -1.17. The molecule has 4 aromatic heterocycles. The number of rotatable bonds is 10. The molecular formula is C36H39F2N11O6S2. The number of anilines is 2. The molecule has 2 aromatic carbocycles. The van der Waals surface area contributed by atoms with Gasteiger partial charge in [0, 0.05) is 83.0 Å². The van der Waals surface area contributed by atoms with Crippen molar-refractivity contribution in [2.24, 2.45) is 14.1 Å². The molecule has 300 valence electrons. The summed E-state index contributed by atoms with van der Waals surface area (Å²) in [5.74, 6) is -2.15. The number of amides is 2. The van der Waals surface area contributed by atoms with Crippen LogP contribution in [-0.2, 0) is 43.7 Å². The predicted octanol–water partition coefficient (Wildman–Crippen LogP) is 3.23. The minimum Gasteiger partial charge on any atom is -0.356 e. The minimum atomic E-state index is -3.98. The highest BCUT2D eigenvalue weighted by atomic mass is 32.2. The lowest BCUT2D eigenvalue weighted by Crippen LogP contribution is -2.46. The molecule has 0 aliphatic carbocycles. The van der Waals surface area contributed by atoms with E-state index < -0.39 is 37.6 Å². The van der Waals surface area contributed by atoms with Crippen LogP contribution in [0.2, 0.25) is 0 Å². The minimum absolute atomic E-state index is 0.00615. The Hall–Kier alpha value is -6.32. The highest BCUT2D eigenvalue weighted by molar-refractivity contribution is 7.93. The number of carbonyl (C=O) groups excluding carboxylic acids is 2. The first-order valence-corrected chi connectivity index (χ1v) is 20.2. The summed E-state index contributed by atoms with van der Waals surface area (Å²) < 4.78 is 88.6. The molecule has 1 fully saturated rings. The molecule has 0 radical (unpaired) electrons. The van der Waals surface area contributed by atoms with Gasteiger partial charge in [-0.1, -0.05) is 0 Å². The third-order valence-corrected chi connectivity index (χ3v) is 11.7. The van der Waals surface area contributed by atoms with Crippen LogP contribution in [0.4, 0.5) is 20.2 Å². The van der Waals surface area contributed by atoms with Crippen molar-refractivity contribution in [3.63, 3.8) is 0 Å². The number of carbonyl (C=O) groups is 2. The largest absolute Gasteiger partial charge is 0.356 e. The second-order valence-electron chi connectivity index (χ2n) is 12.9. The van der Waals surface area contributed by atoms with Gasteiger partial charge in [-0.3, -0.25) is 19.0 Å². The number of aromatic nitrogens is 6. The van der Waals surface area contributed by atoms with E-state index >= 15 is 4.39 Å². The average Bonchev–Trinajstić information content (AvgIpc) is 4.01. The molecule has 6 aromatic rings. The molecule has 0 atom stereocenters.